The van der Waals surface area contributed by atoms with Crippen molar-refractivity contribution in [1.29, 1.82) is 0 Å². The number of allylic oxidation sites excluding steroid dienone is 4. The van der Waals surface area contributed by atoms with Gasteiger partial charge in [-0.3, -0.25) is 0 Å². The van der Waals surface area contributed by atoms with Crippen molar-refractivity contribution < 1.29 is 9.13 Å². The number of rotatable bonds is 5. The van der Waals surface area contributed by atoms with E-state index in [0.717, 1.165) is 25.5 Å². The van der Waals surface area contributed by atoms with Gasteiger partial charge in [0.05, 0.1) is 13.2 Å². The zero-order valence-electron chi connectivity index (χ0n) is 19.3. The molecule has 2 aliphatic carbocycles. The monoisotopic (exact) mass is 453 g/mol. The molecule has 1 saturated carbocycles. The molecule has 0 bridgehead atoms. The molecular weight excluding hydrogens is 421 g/mol. The Labute approximate surface area is 194 Å². The average Bonchev–Trinajstić information content (AvgIpc) is 3.33. The largest absolute Gasteiger partial charge is 0.494 e. The quantitative estimate of drug-likeness (QED) is 0.678. The zero-order valence-corrected chi connectivity index (χ0v) is 19.3. The first kappa shape index (κ1) is 22.0. The molecule has 176 valence electrons. The van der Waals surface area contributed by atoms with Crippen LogP contribution in [0.2, 0.25) is 0 Å². The highest BCUT2D eigenvalue weighted by atomic mass is 19.1. The summed E-state index contributed by atoms with van der Waals surface area (Å²) in [6.07, 6.45) is 13.0. The van der Waals surface area contributed by atoms with E-state index in [9.17, 15) is 4.39 Å². The van der Waals surface area contributed by atoms with Gasteiger partial charge in [0.2, 0.25) is 5.96 Å². The lowest BCUT2D eigenvalue weighted by molar-refractivity contribution is 0.190. The van der Waals surface area contributed by atoms with Crippen LogP contribution in [0.3, 0.4) is 0 Å². The van der Waals surface area contributed by atoms with Crippen molar-refractivity contribution in [3.05, 3.63) is 41.7 Å². The average molecular weight is 454 g/mol. The Morgan fingerprint density at radius 1 is 1.21 bits per heavy atom. The van der Waals surface area contributed by atoms with Gasteiger partial charge in [0.25, 0.3) is 0 Å². The molecule has 5 rings (SSSR count). The molecular formula is C24H32FN7O. The molecule has 0 N–H and O–H groups in total. The minimum Gasteiger partial charge on any atom is -0.494 e. The van der Waals surface area contributed by atoms with Gasteiger partial charge in [0, 0.05) is 25.4 Å². The summed E-state index contributed by atoms with van der Waals surface area (Å²) >= 11 is 0. The van der Waals surface area contributed by atoms with Gasteiger partial charge in [-0.2, -0.15) is 0 Å². The lowest BCUT2D eigenvalue weighted by atomic mass is 9.93. The fraction of sp³-hybridized carbons (Fsp3) is 0.625. The third-order valence-electron chi connectivity index (χ3n) is 7.53. The van der Waals surface area contributed by atoms with Gasteiger partial charge in [-0.25, -0.2) is 19.1 Å². The fourth-order valence-corrected chi connectivity index (χ4v) is 5.50. The van der Waals surface area contributed by atoms with Crippen LogP contribution in [-0.4, -0.2) is 63.5 Å². The second-order valence-electron chi connectivity index (χ2n) is 9.61. The summed E-state index contributed by atoms with van der Waals surface area (Å²) in [6, 6.07) is -0.476. The summed E-state index contributed by atoms with van der Waals surface area (Å²) in [5, 5.41) is 11.0. The molecule has 0 amide bonds. The molecule has 9 heteroatoms. The lowest BCUT2D eigenvalue weighted by Gasteiger charge is -2.21. The molecule has 0 radical (unpaired) electrons. The van der Waals surface area contributed by atoms with Gasteiger partial charge in [0.1, 0.15) is 24.0 Å². The Morgan fingerprint density at radius 3 is 2.94 bits per heavy atom. The molecule has 2 aliphatic heterocycles. The van der Waals surface area contributed by atoms with Crippen molar-refractivity contribution in [1.82, 2.24) is 25.1 Å². The number of tetrazole rings is 1. The third kappa shape index (κ3) is 4.91. The number of halogens is 1. The molecule has 5 unspecified atom stereocenters. The van der Waals surface area contributed by atoms with Crippen LogP contribution < -0.4 is 0 Å². The number of likely N-dealkylation sites (tertiary alicyclic amines) is 1. The van der Waals surface area contributed by atoms with Crippen molar-refractivity contribution in [2.24, 2.45) is 33.7 Å². The van der Waals surface area contributed by atoms with Crippen LogP contribution in [0.4, 0.5) is 4.39 Å². The number of aromatic nitrogens is 4. The van der Waals surface area contributed by atoms with Crippen molar-refractivity contribution >= 4 is 12.2 Å². The number of ether oxygens (including phenoxy) is 1. The highest BCUT2D eigenvalue weighted by Crippen LogP contribution is 2.53. The normalized spacial score (nSPS) is 32.2. The first-order valence-electron chi connectivity index (χ1n) is 12.0. The van der Waals surface area contributed by atoms with Crippen LogP contribution in [0.15, 0.2) is 51.7 Å². The van der Waals surface area contributed by atoms with Crippen LogP contribution >= 0.6 is 0 Å². The molecule has 2 fully saturated rings. The smallest absolute Gasteiger partial charge is 0.220 e. The maximum atomic E-state index is 14.5. The maximum Gasteiger partial charge on any atom is 0.220 e. The molecule has 1 aromatic rings. The maximum absolute atomic E-state index is 14.5. The Balaban J connectivity index is 1.11. The van der Waals surface area contributed by atoms with Gasteiger partial charge in [-0.05, 0) is 78.4 Å². The highest BCUT2D eigenvalue weighted by Gasteiger charge is 2.51. The topological polar surface area (TPSA) is 80.8 Å². The molecule has 1 saturated heterocycles. The minimum atomic E-state index is -0.476. The summed E-state index contributed by atoms with van der Waals surface area (Å²) in [6.45, 7) is 7.79. The van der Waals surface area contributed by atoms with E-state index in [1.54, 1.807) is 0 Å². The van der Waals surface area contributed by atoms with Gasteiger partial charge in [-0.15, -0.1) is 5.10 Å². The molecule has 5 atom stereocenters. The summed E-state index contributed by atoms with van der Waals surface area (Å²) in [5.41, 5.74) is 1.17. The second kappa shape index (κ2) is 9.57. The number of nitrogens with zero attached hydrogens (tertiary/aromatic N) is 7. The van der Waals surface area contributed by atoms with Crippen molar-refractivity contribution in [3.63, 3.8) is 0 Å². The number of guanidine groups is 1. The van der Waals surface area contributed by atoms with Gasteiger partial charge >= 0.3 is 0 Å². The van der Waals surface area contributed by atoms with Crippen molar-refractivity contribution in [3.8, 4) is 0 Å². The third-order valence-corrected chi connectivity index (χ3v) is 7.53. The standard InChI is InChI=1S/C24H32FN7O/c1-16-7-9-26-24(27-13-16)31-10-3-4-18(8-11-31)23-17(2)20(23)14-33-19-5-6-22(21(25)12-19)32-15-28-29-30-32/h5,7,12-13,15,17-18,20,22-23H,3-4,6,8-11,14H2,1-2H3. The highest BCUT2D eigenvalue weighted by molar-refractivity contribution is 5.94. The molecule has 33 heavy (non-hydrogen) atoms. The molecule has 1 aromatic heterocycles. The van der Waals surface area contributed by atoms with Crippen LogP contribution in [-0.2, 0) is 4.74 Å². The Kier molecular flexibility index (Phi) is 6.37. The summed E-state index contributed by atoms with van der Waals surface area (Å²) in [4.78, 5) is 11.6. The number of hydrogen-bond acceptors (Lipinski definition) is 7. The predicted molar refractivity (Wildman–Crippen MR) is 124 cm³/mol. The van der Waals surface area contributed by atoms with Gasteiger partial charge in [-0.1, -0.05) is 13.0 Å². The summed E-state index contributed by atoms with van der Waals surface area (Å²) in [5.74, 6) is 3.80. The second-order valence-corrected chi connectivity index (χ2v) is 9.61. The van der Waals surface area contributed by atoms with E-state index < -0.39 is 6.04 Å². The number of hydrogen-bond donors (Lipinski definition) is 0. The van der Waals surface area contributed by atoms with Crippen molar-refractivity contribution in [2.75, 3.05) is 26.2 Å². The van der Waals surface area contributed by atoms with Crippen LogP contribution in [0, 0.1) is 23.7 Å². The van der Waals surface area contributed by atoms with E-state index >= 15 is 0 Å². The SMILES string of the molecule is CC1=CCN=C(N2CCCC(C3C(C)C3COC3=CCC(n4cnnn4)C(F)=C3)CC2)N=C1. The van der Waals surface area contributed by atoms with E-state index in [4.69, 9.17) is 4.74 Å². The van der Waals surface area contributed by atoms with Gasteiger partial charge < -0.3 is 9.64 Å². The molecule has 0 spiro atoms. The predicted octanol–water partition coefficient (Wildman–Crippen LogP) is 3.74. The molecule has 4 aliphatic rings. The zero-order chi connectivity index (χ0) is 22.8. The Morgan fingerprint density at radius 2 is 2.12 bits per heavy atom. The van der Waals surface area contributed by atoms with E-state index in [2.05, 4.69) is 50.3 Å². The van der Waals surface area contributed by atoms with Crippen molar-refractivity contribution in [2.45, 2.75) is 45.6 Å². The van der Waals surface area contributed by atoms with Crippen LogP contribution in [0.5, 0.6) is 0 Å². The lowest BCUT2D eigenvalue weighted by Crippen LogP contribution is -2.31. The molecule has 8 nitrogen and oxygen atoms in total. The summed E-state index contributed by atoms with van der Waals surface area (Å²) in [7, 11) is 0. The summed E-state index contributed by atoms with van der Waals surface area (Å²) < 4.78 is 22.0. The number of aliphatic imine (C=N–C) groups is 2. The molecule has 3 heterocycles. The fourth-order valence-electron chi connectivity index (χ4n) is 5.50. The minimum absolute atomic E-state index is 0.265. The molecule has 0 aromatic carbocycles. The first-order valence-corrected chi connectivity index (χ1v) is 12.0. The van der Waals surface area contributed by atoms with Crippen LogP contribution in [0.25, 0.3) is 0 Å². The van der Waals surface area contributed by atoms with E-state index in [1.807, 2.05) is 12.3 Å². The van der Waals surface area contributed by atoms with E-state index in [1.165, 1.54) is 35.5 Å². The Bertz CT molecular complexity index is 996. The van der Waals surface area contributed by atoms with Crippen LogP contribution in [0.1, 0.15) is 45.6 Å². The van der Waals surface area contributed by atoms with Gasteiger partial charge in [0.15, 0.2) is 0 Å². The van der Waals surface area contributed by atoms with E-state index in [0.29, 0.717) is 49.0 Å². The van der Waals surface area contributed by atoms with E-state index in [-0.39, 0.29) is 5.83 Å². The Hall–Kier alpha value is -2.84. The first-order chi connectivity index (χ1) is 16.1.